The summed E-state index contributed by atoms with van der Waals surface area (Å²) >= 11 is 3.45. The molecule has 0 spiro atoms. The molecule has 0 heterocycles. The summed E-state index contributed by atoms with van der Waals surface area (Å²) in [6.07, 6.45) is 1.13. The van der Waals surface area contributed by atoms with Crippen LogP contribution in [0.2, 0.25) is 0 Å². The summed E-state index contributed by atoms with van der Waals surface area (Å²) in [5, 5.41) is 0.961. The van der Waals surface area contributed by atoms with Gasteiger partial charge in [0.25, 0.3) is 0 Å². The van der Waals surface area contributed by atoms with Crippen LogP contribution in [0.5, 0.6) is 0 Å². The summed E-state index contributed by atoms with van der Waals surface area (Å²) in [7, 11) is 0. The lowest BCUT2D eigenvalue weighted by Crippen LogP contribution is -1.87. The maximum atomic E-state index is 3.45. The topological polar surface area (TPSA) is 0 Å². The highest BCUT2D eigenvalue weighted by atomic mass is 79.9. The summed E-state index contributed by atoms with van der Waals surface area (Å²) in [6, 6.07) is 6.66. The minimum atomic E-state index is 0.961. The van der Waals surface area contributed by atoms with Gasteiger partial charge in [0.15, 0.2) is 0 Å². The number of halogens is 1. The quantitative estimate of drug-likeness (QED) is 0.660. The normalized spacial score (nSPS) is 10.1. The van der Waals surface area contributed by atoms with Crippen molar-refractivity contribution in [1.29, 1.82) is 0 Å². The van der Waals surface area contributed by atoms with Gasteiger partial charge in [-0.2, -0.15) is 0 Å². The fourth-order valence-electron chi connectivity index (χ4n) is 1.13. The highest BCUT2D eigenvalue weighted by Crippen LogP contribution is 2.14. The molecule has 1 aromatic carbocycles. The van der Waals surface area contributed by atoms with Gasteiger partial charge in [0, 0.05) is 5.33 Å². The predicted molar refractivity (Wildman–Crippen MR) is 53.2 cm³/mol. The van der Waals surface area contributed by atoms with Crippen LogP contribution in [0.15, 0.2) is 18.2 Å². The van der Waals surface area contributed by atoms with E-state index < -0.39 is 0 Å². The van der Waals surface area contributed by atoms with E-state index in [0.29, 0.717) is 0 Å². The lowest BCUT2D eigenvalue weighted by Gasteiger charge is -2.03. The largest absolute Gasteiger partial charge is 0.0876 e. The maximum Gasteiger partial charge on any atom is 0.0285 e. The smallest absolute Gasteiger partial charge is 0.0285 e. The minimum absolute atomic E-state index is 0.961. The van der Waals surface area contributed by atoms with Crippen molar-refractivity contribution >= 4 is 15.9 Å². The molecule has 0 amide bonds. The highest BCUT2D eigenvalue weighted by Gasteiger charge is 1.96. The van der Waals surface area contributed by atoms with Gasteiger partial charge >= 0.3 is 0 Å². The zero-order valence-corrected chi connectivity index (χ0v) is 8.61. The van der Waals surface area contributed by atoms with E-state index in [9.17, 15) is 0 Å². The van der Waals surface area contributed by atoms with Gasteiger partial charge < -0.3 is 0 Å². The van der Waals surface area contributed by atoms with E-state index in [4.69, 9.17) is 0 Å². The summed E-state index contributed by atoms with van der Waals surface area (Å²) in [5.41, 5.74) is 4.20. The second-order valence-corrected chi connectivity index (χ2v) is 3.31. The van der Waals surface area contributed by atoms with Crippen molar-refractivity contribution in [2.24, 2.45) is 0 Å². The lowest BCUT2D eigenvalue weighted by atomic mass is 10.1. The van der Waals surface area contributed by atoms with Crippen LogP contribution < -0.4 is 0 Å². The van der Waals surface area contributed by atoms with Gasteiger partial charge in [-0.25, -0.2) is 0 Å². The Balaban J connectivity index is 2.99. The molecule has 0 atom stereocenters. The maximum absolute atomic E-state index is 3.45. The van der Waals surface area contributed by atoms with Crippen LogP contribution in [-0.4, -0.2) is 0 Å². The van der Waals surface area contributed by atoms with Crippen LogP contribution in [-0.2, 0) is 11.8 Å². The molecule has 0 radical (unpaired) electrons. The first-order chi connectivity index (χ1) is 5.27. The Hall–Kier alpha value is -0.300. The number of hydrogen-bond donors (Lipinski definition) is 0. The first-order valence-electron chi connectivity index (χ1n) is 3.92. The summed E-state index contributed by atoms with van der Waals surface area (Å²) in [6.45, 7) is 4.35. The van der Waals surface area contributed by atoms with E-state index in [0.717, 1.165) is 11.8 Å². The Bertz CT molecular complexity index is 241. The number of aryl methyl sites for hydroxylation is 2. The monoisotopic (exact) mass is 212 g/mol. The molecule has 0 nitrogen and oxygen atoms in total. The number of alkyl halides is 1. The predicted octanol–water partition coefficient (Wildman–Crippen LogP) is 3.45. The Kier molecular flexibility index (Phi) is 3.13. The summed E-state index contributed by atoms with van der Waals surface area (Å²) in [4.78, 5) is 0. The molecule has 1 heteroatoms. The van der Waals surface area contributed by atoms with Gasteiger partial charge in [0.2, 0.25) is 0 Å². The van der Waals surface area contributed by atoms with Gasteiger partial charge in [-0.15, -0.1) is 0 Å². The average molecular weight is 213 g/mol. The van der Waals surface area contributed by atoms with Crippen molar-refractivity contribution in [1.82, 2.24) is 0 Å². The summed E-state index contributed by atoms with van der Waals surface area (Å²) < 4.78 is 0. The molecule has 0 aliphatic rings. The van der Waals surface area contributed by atoms with Gasteiger partial charge in [0.05, 0.1) is 0 Å². The van der Waals surface area contributed by atoms with Crippen LogP contribution >= 0.6 is 15.9 Å². The third-order valence-corrected chi connectivity index (χ3v) is 2.56. The fourth-order valence-corrected chi connectivity index (χ4v) is 1.76. The van der Waals surface area contributed by atoms with Crippen molar-refractivity contribution < 1.29 is 0 Å². The molecule has 0 saturated carbocycles. The van der Waals surface area contributed by atoms with Crippen LogP contribution in [0.4, 0.5) is 0 Å². The standard InChI is InChI=1S/C10H13Br/c1-3-9-4-5-10(7-11)8(2)6-9/h4-6H,3,7H2,1-2H3. The van der Waals surface area contributed by atoms with Crippen molar-refractivity contribution in [2.45, 2.75) is 25.6 Å². The Morgan fingerprint density at radius 2 is 2.09 bits per heavy atom. The molecule has 0 fully saturated rings. The van der Waals surface area contributed by atoms with Gasteiger partial charge in [-0.1, -0.05) is 41.1 Å². The van der Waals surface area contributed by atoms with E-state index >= 15 is 0 Å². The second kappa shape index (κ2) is 3.91. The van der Waals surface area contributed by atoms with Crippen LogP contribution in [0.25, 0.3) is 0 Å². The third-order valence-electron chi connectivity index (χ3n) is 1.96. The molecule has 11 heavy (non-hydrogen) atoms. The van der Waals surface area contributed by atoms with Crippen molar-refractivity contribution in [2.75, 3.05) is 0 Å². The Morgan fingerprint density at radius 1 is 1.36 bits per heavy atom. The third kappa shape index (κ3) is 2.06. The van der Waals surface area contributed by atoms with E-state index in [1.807, 2.05) is 0 Å². The molecule has 0 aliphatic heterocycles. The van der Waals surface area contributed by atoms with Crippen molar-refractivity contribution in [3.05, 3.63) is 34.9 Å². The van der Waals surface area contributed by atoms with Crippen molar-refractivity contribution in [3.63, 3.8) is 0 Å². The highest BCUT2D eigenvalue weighted by molar-refractivity contribution is 9.08. The Morgan fingerprint density at radius 3 is 2.55 bits per heavy atom. The number of benzene rings is 1. The Labute approximate surface area is 76.8 Å². The lowest BCUT2D eigenvalue weighted by molar-refractivity contribution is 1.12. The number of hydrogen-bond acceptors (Lipinski definition) is 0. The summed E-state index contributed by atoms with van der Waals surface area (Å²) in [5.74, 6) is 0. The molecule has 60 valence electrons. The van der Waals surface area contributed by atoms with Gasteiger partial charge in [0.1, 0.15) is 0 Å². The molecular formula is C10H13Br. The molecule has 0 unspecified atom stereocenters. The molecule has 1 aromatic rings. The first kappa shape index (κ1) is 8.79. The molecule has 0 N–H and O–H groups in total. The van der Waals surface area contributed by atoms with E-state index in [2.05, 4.69) is 48.0 Å². The molecule has 0 bridgehead atoms. The SMILES string of the molecule is CCc1ccc(CBr)c(C)c1. The van der Waals surface area contributed by atoms with Crippen LogP contribution in [0, 0.1) is 6.92 Å². The zero-order valence-electron chi connectivity index (χ0n) is 7.02. The minimum Gasteiger partial charge on any atom is -0.0876 e. The molecule has 0 saturated heterocycles. The van der Waals surface area contributed by atoms with Crippen LogP contribution in [0.1, 0.15) is 23.6 Å². The molecular weight excluding hydrogens is 200 g/mol. The molecule has 0 aliphatic carbocycles. The van der Waals surface area contributed by atoms with E-state index in [-0.39, 0.29) is 0 Å². The van der Waals surface area contributed by atoms with E-state index in [1.165, 1.54) is 16.7 Å². The fraction of sp³-hybridized carbons (Fsp3) is 0.400. The molecule has 0 aromatic heterocycles. The van der Waals surface area contributed by atoms with Crippen molar-refractivity contribution in [3.8, 4) is 0 Å². The van der Waals surface area contributed by atoms with Crippen LogP contribution in [0.3, 0.4) is 0 Å². The average Bonchev–Trinajstić information content (AvgIpc) is 2.04. The van der Waals surface area contributed by atoms with Gasteiger partial charge in [-0.05, 0) is 30.0 Å². The zero-order chi connectivity index (χ0) is 8.27. The molecule has 1 rings (SSSR count). The second-order valence-electron chi connectivity index (χ2n) is 2.75. The number of rotatable bonds is 2. The van der Waals surface area contributed by atoms with E-state index in [1.54, 1.807) is 0 Å². The first-order valence-corrected chi connectivity index (χ1v) is 5.04. The van der Waals surface area contributed by atoms with Gasteiger partial charge in [-0.3, -0.25) is 0 Å².